The van der Waals surface area contributed by atoms with Crippen LogP contribution in [0.3, 0.4) is 0 Å². The molecule has 4 atom stereocenters. The predicted octanol–water partition coefficient (Wildman–Crippen LogP) is 3.50. The minimum absolute atomic E-state index is 0.189. The highest BCUT2D eigenvalue weighted by molar-refractivity contribution is 7.90. The van der Waals surface area contributed by atoms with Gasteiger partial charge in [0.2, 0.25) is 5.95 Å². The third kappa shape index (κ3) is 5.63. The number of aliphatic hydroxyl groups excluding tert-OH is 2. The molecule has 0 radical (unpaired) electrons. The second kappa shape index (κ2) is 9.96. The number of nitrogens with one attached hydrogen (secondary N) is 2. The van der Waals surface area contributed by atoms with Gasteiger partial charge in [-0.2, -0.15) is 4.98 Å². The van der Waals surface area contributed by atoms with Crippen molar-refractivity contribution < 1.29 is 18.6 Å². The fraction of sp³-hybridized carbons (Fsp3) is 0.615. The van der Waals surface area contributed by atoms with Gasteiger partial charge in [-0.1, -0.05) is 6.92 Å². The van der Waals surface area contributed by atoms with Crippen LogP contribution in [0.2, 0.25) is 0 Å². The Morgan fingerprint density at radius 1 is 1.16 bits per heavy atom. The van der Waals surface area contributed by atoms with Crippen molar-refractivity contribution in [3.8, 4) is 10.6 Å². The van der Waals surface area contributed by atoms with E-state index in [1.165, 1.54) is 0 Å². The Balaban J connectivity index is 1.56. The van der Waals surface area contributed by atoms with Crippen LogP contribution in [0.25, 0.3) is 20.8 Å². The zero-order valence-corrected chi connectivity index (χ0v) is 24.0. The van der Waals surface area contributed by atoms with Crippen LogP contribution in [0, 0.1) is 12.8 Å². The topological polar surface area (TPSA) is 150 Å². The zero-order valence-electron chi connectivity index (χ0n) is 22.4. The number of hydrogen-bond donors (Lipinski definition) is 4. The van der Waals surface area contributed by atoms with Crippen LogP contribution in [0.15, 0.2) is 12.3 Å². The number of rotatable bonds is 9. The van der Waals surface area contributed by atoms with Gasteiger partial charge in [0.05, 0.1) is 39.5 Å². The van der Waals surface area contributed by atoms with E-state index in [9.17, 15) is 18.6 Å². The van der Waals surface area contributed by atoms with Gasteiger partial charge >= 0.3 is 0 Å². The van der Waals surface area contributed by atoms with E-state index in [1.54, 1.807) is 11.3 Å². The maximum absolute atomic E-state index is 11.9. The molecule has 0 saturated heterocycles. The lowest BCUT2D eigenvalue weighted by molar-refractivity contribution is 0.0216. The summed E-state index contributed by atoms with van der Waals surface area (Å²) in [4.78, 5) is 19.1. The van der Waals surface area contributed by atoms with Crippen LogP contribution in [0.1, 0.15) is 63.8 Å². The smallest absolute Gasteiger partial charge is 0.225 e. The Labute approximate surface area is 227 Å². The van der Waals surface area contributed by atoms with Crippen LogP contribution in [0.5, 0.6) is 0 Å². The van der Waals surface area contributed by atoms with E-state index in [2.05, 4.69) is 36.4 Å². The largest absolute Gasteiger partial charge is 0.390 e. The van der Waals surface area contributed by atoms with Gasteiger partial charge in [-0.25, -0.2) is 18.4 Å². The molecule has 4 unspecified atom stereocenters. The Kier molecular flexibility index (Phi) is 7.12. The molecule has 10 nitrogen and oxygen atoms in total. The summed E-state index contributed by atoms with van der Waals surface area (Å²) in [5.74, 6) is 0.625. The van der Waals surface area contributed by atoms with Gasteiger partial charge in [-0.15, -0.1) is 11.3 Å². The molecule has 3 aromatic heterocycles. The van der Waals surface area contributed by atoms with E-state index >= 15 is 0 Å². The first-order chi connectivity index (χ1) is 17.8. The molecule has 0 amide bonds. The van der Waals surface area contributed by atoms with Crippen molar-refractivity contribution in [1.82, 2.24) is 19.9 Å². The van der Waals surface area contributed by atoms with Gasteiger partial charge in [0.15, 0.2) is 0 Å². The van der Waals surface area contributed by atoms with E-state index in [-0.39, 0.29) is 17.7 Å². The van der Waals surface area contributed by atoms with Crippen LogP contribution in [0.4, 0.5) is 11.8 Å². The fourth-order valence-corrected chi connectivity index (χ4v) is 7.19. The first-order valence-electron chi connectivity index (χ1n) is 13.1. The SMILES string of the molecule is CCC(C)(C)Nc1nc(C)c(-c2nc3c(C4CC4)nccc3s2)c(NC2CC(CS(C)(=O)=O)C(O)C2O)n1. The Bertz CT molecular complexity index is 1450. The number of thiazole rings is 1. The Morgan fingerprint density at radius 2 is 1.89 bits per heavy atom. The number of aliphatic hydroxyl groups is 2. The van der Waals surface area contributed by atoms with Gasteiger partial charge < -0.3 is 20.8 Å². The minimum Gasteiger partial charge on any atom is -0.390 e. The number of aromatic nitrogens is 4. The zero-order chi connectivity index (χ0) is 27.4. The molecule has 0 aromatic carbocycles. The monoisotopic (exact) mass is 560 g/mol. The van der Waals surface area contributed by atoms with Crippen molar-refractivity contribution >= 4 is 43.2 Å². The summed E-state index contributed by atoms with van der Waals surface area (Å²) < 4.78 is 24.9. The number of sulfone groups is 1. The summed E-state index contributed by atoms with van der Waals surface area (Å²) >= 11 is 1.55. The van der Waals surface area contributed by atoms with Crippen LogP contribution < -0.4 is 10.6 Å². The molecule has 2 aliphatic carbocycles. The maximum Gasteiger partial charge on any atom is 0.225 e. The molecule has 0 spiro atoms. The molecule has 0 bridgehead atoms. The lowest BCUT2D eigenvalue weighted by Gasteiger charge is -2.26. The van der Waals surface area contributed by atoms with Crippen LogP contribution in [-0.4, -0.2) is 74.4 Å². The van der Waals surface area contributed by atoms with Gasteiger partial charge in [-0.05, 0) is 52.5 Å². The summed E-state index contributed by atoms with van der Waals surface area (Å²) in [6.07, 6.45) is 4.07. The normalized spacial score (nSPS) is 24.2. The van der Waals surface area contributed by atoms with Crippen LogP contribution in [-0.2, 0) is 9.84 Å². The maximum atomic E-state index is 11.9. The molecule has 2 fully saturated rings. The van der Waals surface area contributed by atoms with E-state index < -0.39 is 34.0 Å². The number of nitrogens with zero attached hydrogens (tertiary/aromatic N) is 4. The quantitative estimate of drug-likeness (QED) is 0.306. The van der Waals surface area contributed by atoms with Crippen molar-refractivity contribution in [3.63, 3.8) is 0 Å². The Hall–Kier alpha value is -2.41. The molecular weight excluding hydrogens is 524 g/mol. The summed E-state index contributed by atoms with van der Waals surface area (Å²) in [7, 11) is -3.32. The number of anilines is 2. The molecule has 2 saturated carbocycles. The van der Waals surface area contributed by atoms with E-state index in [0.717, 1.165) is 57.7 Å². The van der Waals surface area contributed by atoms with Gasteiger partial charge in [0.25, 0.3) is 0 Å². The van der Waals surface area contributed by atoms with E-state index in [0.29, 0.717) is 17.7 Å². The standard InChI is InChI=1S/C26H36N6O4S2/c1-6-26(3,4)32-25-28-13(2)18(24-30-20-17(37-24)9-10-27-19(20)14-7-8-14)23(31-25)29-16-11-15(12-38(5,35)36)21(33)22(16)34/h9-10,14-16,21-22,33-34H,6-8,11-12H2,1-5H3,(H2,28,29,31,32). The molecule has 2 aliphatic rings. The van der Waals surface area contributed by atoms with E-state index in [4.69, 9.17) is 15.0 Å². The van der Waals surface area contributed by atoms with E-state index in [1.807, 2.05) is 19.2 Å². The summed E-state index contributed by atoms with van der Waals surface area (Å²) in [5, 5.41) is 28.9. The number of aryl methyl sites for hydroxylation is 1. The highest BCUT2D eigenvalue weighted by Crippen LogP contribution is 2.44. The highest BCUT2D eigenvalue weighted by Gasteiger charge is 2.43. The molecule has 206 valence electrons. The minimum atomic E-state index is -3.32. The lowest BCUT2D eigenvalue weighted by Crippen LogP contribution is -2.36. The molecule has 3 heterocycles. The molecule has 5 rings (SSSR count). The van der Waals surface area contributed by atoms with Crippen molar-refractivity contribution in [2.24, 2.45) is 5.92 Å². The summed E-state index contributed by atoms with van der Waals surface area (Å²) in [5.41, 5.74) is 3.13. The third-order valence-corrected chi connectivity index (χ3v) is 9.65. The number of pyridine rings is 1. The van der Waals surface area contributed by atoms with Crippen molar-refractivity contribution in [3.05, 3.63) is 23.7 Å². The van der Waals surface area contributed by atoms with Crippen molar-refractivity contribution in [2.45, 2.75) is 83.1 Å². The van der Waals surface area contributed by atoms with Gasteiger partial charge in [0, 0.05) is 29.8 Å². The first-order valence-corrected chi connectivity index (χ1v) is 16.0. The van der Waals surface area contributed by atoms with Crippen molar-refractivity contribution in [1.29, 1.82) is 0 Å². The fourth-order valence-electron chi connectivity index (χ4n) is 5.01. The van der Waals surface area contributed by atoms with Crippen LogP contribution >= 0.6 is 11.3 Å². The molecule has 3 aromatic rings. The van der Waals surface area contributed by atoms with Gasteiger partial charge in [0.1, 0.15) is 32.3 Å². The highest BCUT2D eigenvalue weighted by atomic mass is 32.2. The summed E-state index contributed by atoms with van der Waals surface area (Å²) in [6, 6.07) is 1.38. The second-order valence-corrected chi connectivity index (χ2v) is 14.6. The lowest BCUT2D eigenvalue weighted by atomic mass is 10.0. The molecule has 38 heavy (non-hydrogen) atoms. The average Bonchev–Trinajstić information content (AvgIpc) is 3.53. The summed E-state index contributed by atoms with van der Waals surface area (Å²) in [6.45, 7) is 8.13. The average molecular weight is 561 g/mol. The number of fused-ring (bicyclic) bond motifs is 1. The number of hydrogen-bond acceptors (Lipinski definition) is 11. The predicted molar refractivity (Wildman–Crippen MR) is 150 cm³/mol. The molecule has 0 aliphatic heterocycles. The third-order valence-electron chi connectivity index (χ3n) is 7.58. The molecule has 4 N–H and O–H groups in total. The molecular formula is C26H36N6O4S2. The van der Waals surface area contributed by atoms with Gasteiger partial charge in [-0.3, -0.25) is 4.98 Å². The van der Waals surface area contributed by atoms with Crippen molar-refractivity contribution in [2.75, 3.05) is 22.6 Å². The molecule has 12 heteroatoms. The first kappa shape index (κ1) is 27.2. The Morgan fingerprint density at radius 3 is 2.55 bits per heavy atom. The second-order valence-electron chi connectivity index (χ2n) is 11.4.